The van der Waals surface area contributed by atoms with E-state index in [1.807, 2.05) is 31.7 Å². The molecule has 1 aromatic rings. The van der Waals surface area contributed by atoms with Crippen molar-refractivity contribution in [3.8, 4) is 0 Å². The number of halogens is 1. The second kappa shape index (κ2) is 8.29. The molecule has 5 nitrogen and oxygen atoms in total. The van der Waals surface area contributed by atoms with Gasteiger partial charge in [0.05, 0.1) is 18.1 Å². The van der Waals surface area contributed by atoms with Crippen molar-refractivity contribution in [3.63, 3.8) is 0 Å². The SMILES string of the molecule is CC1=C(C)[C@@H](C/C=N\NCc2ccn(C)n2)SC(CCl)=CN1. The molecular weight excluding hydrogens is 318 g/mol. The highest BCUT2D eigenvalue weighted by molar-refractivity contribution is 8.04. The summed E-state index contributed by atoms with van der Waals surface area (Å²) in [5, 5.41) is 12.2. The normalized spacial score (nSPS) is 19.1. The maximum atomic E-state index is 5.96. The minimum atomic E-state index is 0.361. The van der Waals surface area contributed by atoms with Crippen molar-refractivity contribution in [2.75, 3.05) is 5.88 Å². The van der Waals surface area contributed by atoms with Crippen LogP contribution in [-0.2, 0) is 13.6 Å². The molecular formula is C15H22ClN5S. The Bertz CT molecular complexity index is 591. The van der Waals surface area contributed by atoms with Crippen LogP contribution in [0, 0.1) is 0 Å². The lowest BCUT2D eigenvalue weighted by Gasteiger charge is -2.15. The Balaban J connectivity index is 1.84. The molecule has 0 aliphatic carbocycles. The summed E-state index contributed by atoms with van der Waals surface area (Å²) in [6.45, 7) is 4.88. The molecule has 0 unspecified atom stereocenters. The first-order valence-electron chi connectivity index (χ1n) is 7.18. The summed E-state index contributed by atoms with van der Waals surface area (Å²) in [5.74, 6) is 0.532. The van der Waals surface area contributed by atoms with E-state index < -0.39 is 0 Å². The molecule has 0 radical (unpaired) electrons. The second-order valence-corrected chi connectivity index (χ2v) is 6.76. The standard InChI is InChI=1S/C15H22ClN5S/c1-11-12(2)17-10-14(8-16)22-15(11)4-6-18-19-9-13-5-7-21(3)20-13/h5-7,10,15,17,19H,4,8-9H2,1-3H3/b18-6-/t15-/m1/s1. The van der Waals surface area contributed by atoms with Gasteiger partial charge in [0.2, 0.25) is 0 Å². The van der Waals surface area contributed by atoms with Crippen LogP contribution in [0.15, 0.2) is 39.7 Å². The van der Waals surface area contributed by atoms with E-state index in [4.69, 9.17) is 11.6 Å². The number of nitrogens with zero attached hydrogens (tertiary/aromatic N) is 3. The lowest BCUT2D eigenvalue weighted by atomic mass is 10.1. The summed E-state index contributed by atoms with van der Waals surface area (Å²) in [7, 11) is 1.91. The molecule has 1 aliphatic heterocycles. The third kappa shape index (κ3) is 4.81. The van der Waals surface area contributed by atoms with E-state index in [1.54, 1.807) is 16.4 Å². The molecule has 1 atom stereocenters. The van der Waals surface area contributed by atoms with Crippen molar-refractivity contribution in [2.24, 2.45) is 12.1 Å². The minimum absolute atomic E-state index is 0.361. The number of thioether (sulfide) groups is 1. The van der Waals surface area contributed by atoms with Crippen molar-refractivity contribution < 1.29 is 0 Å². The summed E-state index contributed by atoms with van der Waals surface area (Å²) in [5.41, 5.74) is 6.53. The zero-order chi connectivity index (χ0) is 15.9. The zero-order valence-electron chi connectivity index (χ0n) is 13.1. The lowest BCUT2D eigenvalue weighted by molar-refractivity contribution is 0.685. The van der Waals surface area contributed by atoms with Gasteiger partial charge in [-0.3, -0.25) is 4.68 Å². The molecule has 2 rings (SSSR count). The van der Waals surface area contributed by atoms with Gasteiger partial charge in [0.15, 0.2) is 0 Å². The molecule has 120 valence electrons. The van der Waals surface area contributed by atoms with Gasteiger partial charge in [-0.05, 0) is 25.5 Å². The Kier molecular flexibility index (Phi) is 6.39. The predicted molar refractivity (Wildman–Crippen MR) is 94.8 cm³/mol. The van der Waals surface area contributed by atoms with E-state index in [0.717, 1.165) is 17.0 Å². The maximum Gasteiger partial charge on any atom is 0.0832 e. The summed E-state index contributed by atoms with van der Waals surface area (Å²) in [6.07, 6.45) is 6.70. The Labute approximate surface area is 140 Å². The first kappa shape index (κ1) is 17.0. The number of hydrazone groups is 1. The fraction of sp³-hybridized carbons (Fsp3) is 0.467. The summed E-state index contributed by atoms with van der Waals surface area (Å²) < 4.78 is 1.78. The largest absolute Gasteiger partial charge is 0.364 e. The highest BCUT2D eigenvalue weighted by Crippen LogP contribution is 2.32. The molecule has 7 heteroatoms. The van der Waals surface area contributed by atoms with Gasteiger partial charge in [-0.2, -0.15) is 10.2 Å². The molecule has 1 aliphatic rings. The smallest absolute Gasteiger partial charge is 0.0832 e. The first-order chi connectivity index (χ1) is 10.6. The number of aromatic nitrogens is 2. The van der Waals surface area contributed by atoms with Crippen LogP contribution in [-0.4, -0.2) is 27.1 Å². The number of hydrogen-bond donors (Lipinski definition) is 2. The van der Waals surface area contributed by atoms with Gasteiger partial charge in [-0.15, -0.1) is 23.4 Å². The molecule has 0 aromatic carbocycles. The van der Waals surface area contributed by atoms with Gasteiger partial charge < -0.3 is 10.7 Å². The predicted octanol–water partition coefficient (Wildman–Crippen LogP) is 2.96. The highest BCUT2D eigenvalue weighted by Gasteiger charge is 2.17. The lowest BCUT2D eigenvalue weighted by Crippen LogP contribution is -2.11. The molecule has 0 bridgehead atoms. The van der Waals surface area contributed by atoms with Crippen LogP contribution < -0.4 is 10.7 Å². The van der Waals surface area contributed by atoms with Gasteiger partial charge in [-0.1, -0.05) is 0 Å². The third-order valence-corrected chi connectivity index (χ3v) is 5.32. The van der Waals surface area contributed by atoms with E-state index in [-0.39, 0.29) is 0 Å². The molecule has 0 fully saturated rings. The van der Waals surface area contributed by atoms with Gasteiger partial charge in [0, 0.05) is 47.9 Å². The van der Waals surface area contributed by atoms with Gasteiger partial charge in [0.25, 0.3) is 0 Å². The van der Waals surface area contributed by atoms with Crippen molar-refractivity contribution >= 4 is 29.6 Å². The van der Waals surface area contributed by atoms with E-state index in [0.29, 0.717) is 17.7 Å². The number of allylic oxidation sites excluding steroid dienone is 2. The monoisotopic (exact) mass is 339 g/mol. The van der Waals surface area contributed by atoms with Crippen molar-refractivity contribution in [1.82, 2.24) is 20.5 Å². The first-order valence-corrected chi connectivity index (χ1v) is 8.60. The van der Waals surface area contributed by atoms with Crippen LogP contribution in [0.2, 0.25) is 0 Å². The van der Waals surface area contributed by atoms with Gasteiger partial charge in [-0.25, -0.2) is 0 Å². The van der Waals surface area contributed by atoms with Gasteiger partial charge in [0.1, 0.15) is 0 Å². The van der Waals surface area contributed by atoms with E-state index in [9.17, 15) is 0 Å². The fourth-order valence-corrected chi connectivity index (χ4v) is 3.40. The number of alkyl halides is 1. The summed E-state index contributed by atoms with van der Waals surface area (Å²) in [6, 6.07) is 1.98. The van der Waals surface area contributed by atoms with Crippen LogP contribution in [0.1, 0.15) is 26.0 Å². The van der Waals surface area contributed by atoms with Crippen LogP contribution >= 0.6 is 23.4 Å². The molecule has 0 saturated heterocycles. The molecule has 0 saturated carbocycles. The second-order valence-electron chi connectivity index (χ2n) is 5.17. The molecule has 22 heavy (non-hydrogen) atoms. The Morgan fingerprint density at radius 1 is 1.55 bits per heavy atom. The molecule has 2 N–H and O–H groups in total. The average Bonchev–Trinajstić information content (AvgIpc) is 2.87. The van der Waals surface area contributed by atoms with Gasteiger partial charge >= 0.3 is 0 Å². The number of nitrogens with one attached hydrogen (secondary N) is 2. The number of hydrogen-bond acceptors (Lipinski definition) is 5. The maximum absolute atomic E-state index is 5.96. The molecule has 1 aromatic heterocycles. The van der Waals surface area contributed by atoms with Crippen molar-refractivity contribution in [2.45, 2.75) is 32.1 Å². The number of rotatable bonds is 6. The van der Waals surface area contributed by atoms with Crippen LogP contribution in [0.4, 0.5) is 0 Å². The van der Waals surface area contributed by atoms with E-state index in [2.05, 4.69) is 34.8 Å². The topological polar surface area (TPSA) is 54.2 Å². The average molecular weight is 340 g/mol. The number of aryl methyl sites for hydroxylation is 1. The van der Waals surface area contributed by atoms with Crippen LogP contribution in [0.3, 0.4) is 0 Å². The quantitative estimate of drug-likeness (QED) is 0.475. The highest BCUT2D eigenvalue weighted by atomic mass is 35.5. The summed E-state index contributed by atoms with van der Waals surface area (Å²) in [4.78, 5) is 1.15. The van der Waals surface area contributed by atoms with Crippen molar-refractivity contribution in [3.05, 3.63) is 40.3 Å². The van der Waals surface area contributed by atoms with Crippen LogP contribution in [0.25, 0.3) is 0 Å². The molecule has 0 amide bonds. The Hall–Kier alpha value is -1.40. The third-order valence-electron chi connectivity index (χ3n) is 3.48. The molecule has 0 spiro atoms. The van der Waals surface area contributed by atoms with Crippen LogP contribution in [0.5, 0.6) is 0 Å². The summed E-state index contributed by atoms with van der Waals surface area (Å²) >= 11 is 7.76. The van der Waals surface area contributed by atoms with E-state index in [1.165, 1.54) is 11.3 Å². The minimum Gasteiger partial charge on any atom is -0.364 e. The van der Waals surface area contributed by atoms with Crippen molar-refractivity contribution in [1.29, 1.82) is 0 Å². The Morgan fingerprint density at radius 2 is 2.36 bits per heavy atom. The fourth-order valence-electron chi connectivity index (χ4n) is 2.04. The van der Waals surface area contributed by atoms with E-state index >= 15 is 0 Å². The Morgan fingerprint density at radius 3 is 3.05 bits per heavy atom. The molecule has 2 heterocycles. The zero-order valence-corrected chi connectivity index (χ0v) is 14.7.